The molecule has 2 aromatic heterocycles. The summed E-state index contributed by atoms with van der Waals surface area (Å²) in [6.45, 7) is 11.3. The van der Waals surface area contributed by atoms with Crippen molar-refractivity contribution in [2.75, 3.05) is 36.9 Å². The molecule has 200 valence electrons. The van der Waals surface area contributed by atoms with Gasteiger partial charge in [-0.3, -0.25) is 4.90 Å². The van der Waals surface area contributed by atoms with Crippen molar-refractivity contribution in [1.82, 2.24) is 24.4 Å². The third-order valence-corrected chi connectivity index (χ3v) is 7.87. The Labute approximate surface area is 229 Å². The van der Waals surface area contributed by atoms with E-state index in [0.717, 1.165) is 54.6 Å². The second-order valence-electron chi connectivity index (χ2n) is 10.2. The summed E-state index contributed by atoms with van der Waals surface area (Å²) in [6.07, 6.45) is 7.51. The van der Waals surface area contributed by atoms with E-state index in [2.05, 4.69) is 88.8 Å². The Hall–Kier alpha value is -4.17. The number of rotatable bonds is 8. The molecular weight excluding hydrogens is 486 g/mol. The van der Waals surface area contributed by atoms with E-state index < -0.39 is 0 Å². The van der Waals surface area contributed by atoms with Gasteiger partial charge in [-0.25, -0.2) is 4.98 Å². The number of anilines is 2. The summed E-state index contributed by atoms with van der Waals surface area (Å²) in [5, 5.41) is 3.35. The van der Waals surface area contributed by atoms with E-state index in [-0.39, 0.29) is 6.04 Å². The van der Waals surface area contributed by atoms with Crippen LogP contribution < -0.4 is 15.0 Å². The van der Waals surface area contributed by atoms with E-state index in [1.807, 2.05) is 16.7 Å². The van der Waals surface area contributed by atoms with Gasteiger partial charge in [-0.15, -0.1) is 13.2 Å². The van der Waals surface area contributed by atoms with Crippen LogP contribution in [0.4, 0.5) is 11.8 Å². The van der Waals surface area contributed by atoms with E-state index in [4.69, 9.17) is 14.7 Å². The van der Waals surface area contributed by atoms with Gasteiger partial charge in [0.15, 0.2) is 17.0 Å². The molecule has 0 spiro atoms. The first-order chi connectivity index (χ1) is 19.2. The third kappa shape index (κ3) is 4.76. The van der Waals surface area contributed by atoms with Crippen molar-refractivity contribution >= 4 is 22.9 Å². The largest absolute Gasteiger partial charge is 0.489 e. The monoisotopic (exact) mass is 521 g/mol. The molecule has 0 bridgehead atoms. The molecule has 2 aromatic carbocycles. The first-order valence-corrected chi connectivity index (χ1v) is 13.6. The molecule has 8 heteroatoms. The van der Waals surface area contributed by atoms with Gasteiger partial charge in [-0.2, -0.15) is 9.97 Å². The second-order valence-corrected chi connectivity index (χ2v) is 10.2. The molecule has 4 aromatic rings. The van der Waals surface area contributed by atoms with Crippen LogP contribution >= 0.6 is 0 Å². The number of para-hydroxylation sites is 1. The highest BCUT2D eigenvalue weighted by atomic mass is 16.5. The van der Waals surface area contributed by atoms with Crippen molar-refractivity contribution in [3.63, 3.8) is 0 Å². The van der Waals surface area contributed by atoms with Gasteiger partial charge in [-0.1, -0.05) is 54.6 Å². The number of fused-ring (bicyclic) bond motifs is 3. The quantitative estimate of drug-likeness (QED) is 0.320. The van der Waals surface area contributed by atoms with Crippen molar-refractivity contribution in [2.45, 2.75) is 38.1 Å². The molecule has 1 unspecified atom stereocenters. The predicted molar refractivity (Wildman–Crippen MR) is 156 cm³/mol. The van der Waals surface area contributed by atoms with Crippen molar-refractivity contribution in [1.29, 1.82) is 0 Å². The number of nitrogens with zero attached hydrogens (tertiary/aromatic N) is 6. The standard InChI is InChI=1S/C31H35N7O/c1-4-16-32-29-27-30(38(17-5-2)21-33-27)35-31(34-29)37-18-14-23(15-19-37)36(3)28-24-11-7-6-10-22(24)20-39-26-13-9-8-12-25(26)28/h4-13,21,23,28H,1-2,14-20H2,3H3,(H,32,34,35). The second kappa shape index (κ2) is 10.9. The number of hydrogen-bond donors (Lipinski definition) is 1. The maximum absolute atomic E-state index is 6.24. The Morgan fingerprint density at radius 2 is 1.79 bits per heavy atom. The lowest BCUT2D eigenvalue weighted by molar-refractivity contribution is 0.169. The first kappa shape index (κ1) is 25.1. The van der Waals surface area contributed by atoms with Gasteiger partial charge in [0.05, 0.1) is 12.4 Å². The normalized spacial score (nSPS) is 17.3. The van der Waals surface area contributed by atoms with Gasteiger partial charge >= 0.3 is 0 Å². The zero-order valence-corrected chi connectivity index (χ0v) is 22.5. The number of imidazole rings is 1. The molecule has 2 aliphatic heterocycles. The van der Waals surface area contributed by atoms with E-state index in [0.29, 0.717) is 25.7 Å². The van der Waals surface area contributed by atoms with Gasteiger partial charge < -0.3 is 19.5 Å². The number of nitrogens with one attached hydrogen (secondary N) is 1. The maximum atomic E-state index is 6.24. The Morgan fingerprint density at radius 1 is 1.03 bits per heavy atom. The molecule has 0 amide bonds. The molecule has 1 saturated heterocycles. The van der Waals surface area contributed by atoms with Crippen LogP contribution in [0.1, 0.15) is 35.6 Å². The fourth-order valence-corrected chi connectivity index (χ4v) is 5.85. The number of aromatic nitrogens is 4. The summed E-state index contributed by atoms with van der Waals surface area (Å²) in [4.78, 5) is 19.2. The van der Waals surface area contributed by atoms with E-state index >= 15 is 0 Å². The molecule has 39 heavy (non-hydrogen) atoms. The summed E-state index contributed by atoms with van der Waals surface area (Å²) < 4.78 is 8.25. The number of ether oxygens (including phenoxy) is 1. The molecular formula is C31H35N7O. The molecule has 0 radical (unpaired) electrons. The van der Waals surface area contributed by atoms with Gasteiger partial charge in [0.1, 0.15) is 12.4 Å². The van der Waals surface area contributed by atoms with Gasteiger partial charge in [-0.05, 0) is 37.1 Å². The van der Waals surface area contributed by atoms with Crippen LogP contribution in [0.15, 0.2) is 80.2 Å². The topological polar surface area (TPSA) is 71.3 Å². The zero-order chi connectivity index (χ0) is 26.8. The minimum atomic E-state index is 0.145. The van der Waals surface area contributed by atoms with E-state index in [1.54, 1.807) is 6.33 Å². The predicted octanol–water partition coefficient (Wildman–Crippen LogP) is 5.19. The third-order valence-electron chi connectivity index (χ3n) is 7.87. The summed E-state index contributed by atoms with van der Waals surface area (Å²) in [7, 11) is 2.26. The van der Waals surface area contributed by atoms with Crippen LogP contribution in [0, 0.1) is 0 Å². The fraction of sp³-hybridized carbons (Fsp3) is 0.323. The Morgan fingerprint density at radius 3 is 2.59 bits per heavy atom. The zero-order valence-electron chi connectivity index (χ0n) is 22.5. The molecule has 8 nitrogen and oxygen atoms in total. The van der Waals surface area contributed by atoms with Crippen molar-refractivity contribution in [2.24, 2.45) is 0 Å². The van der Waals surface area contributed by atoms with Gasteiger partial charge in [0, 0.05) is 37.8 Å². The molecule has 4 heterocycles. The Balaban J connectivity index is 1.26. The van der Waals surface area contributed by atoms with Crippen molar-refractivity contribution in [3.8, 4) is 5.75 Å². The summed E-state index contributed by atoms with van der Waals surface area (Å²) in [5.41, 5.74) is 5.40. The van der Waals surface area contributed by atoms with Gasteiger partial charge in [0.2, 0.25) is 5.95 Å². The summed E-state index contributed by atoms with van der Waals surface area (Å²) >= 11 is 0. The minimum Gasteiger partial charge on any atom is -0.489 e. The van der Waals surface area contributed by atoms with E-state index in [1.165, 1.54) is 16.7 Å². The van der Waals surface area contributed by atoms with E-state index in [9.17, 15) is 0 Å². The number of hydrogen-bond acceptors (Lipinski definition) is 7. The van der Waals surface area contributed by atoms with Crippen LogP contribution in [0.25, 0.3) is 11.2 Å². The lowest BCUT2D eigenvalue weighted by atomic mass is 9.91. The average Bonchev–Trinajstić information content (AvgIpc) is 3.30. The molecule has 0 aliphatic carbocycles. The Bertz CT molecular complexity index is 1440. The highest BCUT2D eigenvalue weighted by Gasteiger charge is 2.33. The van der Waals surface area contributed by atoms with Crippen LogP contribution in [0.5, 0.6) is 5.75 Å². The first-order valence-electron chi connectivity index (χ1n) is 13.6. The molecule has 2 aliphatic rings. The average molecular weight is 522 g/mol. The molecule has 1 N–H and O–H groups in total. The molecule has 1 atom stereocenters. The number of allylic oxidation sites excluding steroid dienone is 1. The lowest BCUT2D eigenvalue weighted by Gasteiger charge is -2.41. The van der Waals surface area contributed by atoms with Crippen molar-refractivity contribution < 1.29 is 4.74 Å². The van der Waals surface area contributed by atoms with Crippen LogP contribution in [-0.2, 0) is 13.2 Å². The molecule has 6 rings (SSSR count). The van der Waals surface area contributed by atoms with Crippen LogP contribution in [-0.4, -0.2) is 57.1 Å². The minimum absolute atomic E-state index is 0.145. The smallest absolute Gasteiger partial charge is 0.229 e. The summed E-state index contributed by atoms with van der Waals surface area (Å²) in [6, 6.07) is 17.7. The molecule has 1 fully saturated rings. The van der Waals surface area contributed by atoms with Gasteiger partial charge in [0.25, 0.3) is 0 Å². The maximum Gasteiger partial charge on any atom is 0.229 e. The highest BCUT2D eigenvalue weighted by molar-refractivity contribution is 5.84. The van der Waals surface area contributed by atoms with Crippen molar-refractivity contribution in [3.05, 3.63) is 96.9 Å². The molecule has 0 saturated carbocycles. The fourth-order valence-electron chi connectivity index (χ4n) is 5.85. The lowest BCUT2D eigenvalue weighted by Crippen LogP contribution is -2.45. The number of piperidine rings is 1. The number of benzene rings is 2. The SMILES string of the molecule is C=CCNc1nc(N2CCC(N(C)C3c4ccccc4COc4ccccc43)CC2)nc2c1ncn2CC=C. The summed E-state index contributed by atoms with van der Waals surface area (Å²) in [5.74, 6) is 2.45. The van der Waals surface area contributed by atoms with Crippen LogP contribution in [0.3, 0.4) is 0 Å². The highest BCUT2D eigenvalue weighted by Crippen LogP contribution is 2.41. The van der Waals surface area contributed by atoms with Crippen LogP contribution in [0.2, 0.25) is 0 Å². The Kier molecular flexibility index (Phi) is 7.02.